The fourth-order valence-corrected chi connectivity index (χ4v) is 6.16. The van der Waals surface area contributed by atoms with Gasteiger partial charge in [0.15, 0.2) is 0 Å². The highest BCUT2D eigenvalue weighted by Gasteiger charge is 2.29. The van der Waals surface area contributed by atoms with E-state index in [0.29, 0.717) is 5.69 Å². The van der Waals surface area contributed by atoms with Crippen molar-refractivity contribution in [1.82, 2.24) is 9.55 Å². The molecule has 0 amide bonds. The van der Waals surface area contributed by atoms with Crippen LogP contribution in [0.3, 0.4) is 0 Å². The summed E-state index contributed by atoms with van der Waals surface area (Å²) in [6, 6.07) is 52.1. The lowest BCUT2D eigenvalue weighted by Gasteiger charge is -2.15. The number of nitriles is 1. The minimum Gasteiger partial charge on any atom is -0.308 e. The van der Waals surface area contributed by atoms with Gasteiger partial charge in [-0.3, -0.25) is 0 Å². The molecular weight excluding hydrogens is 578 g/mol. The van der Waals surface area contributed by atoms with E-state index in [1.807, 2.05) is 54.6 Å². The summed E-state index contributed by atoms with van der Waals surface area (Å²) in [5.41, 5.74) is 9.09. The summed E-state index contributed by atoms with van der Waals surface area (Å²) >= 11 is 3.72. The monoisotopic (exact) mass is 601 g/mol. The number of halogens is 1. The third-order valence-electron chi connectivity index (χ3n) is 7.49. The first kappa shape index (κ1) is 25.7. The Bertz CT molecular complexity index is 2080. The predicted molar refractivity (Wildman–Crippen MR) is 175 cm³/mol. The molecule has 7 rings (SSSR count). The second kappa shape index (κ2) is 11.0. The van der Waals surface area contributed by atoms with Gasteiger partial charge in [0.2, 0.25) is 0 Å². The molecule has 5 aromatic carbocycles. The van der Waals surface area contributed by atoms with Crippen LogP contribution in [0.5, 0.6) is 0 Å². The van der Waals surface area contributed by atoms with Crippen LogP contribution < -0.4 is 0 Å². The maximum absolute atomic E-state index is 10.6. The SMILES string of the molecule is N#Cc1nc(-c2ccccc2)c2c(-c3ccccc3)n(-c3cccc(Br)c3)c(-c3ccccc3)c2c1-c1ccccc1. The van der Waals surface area contributed by atoms with Crippen molar-refractivity contribution in [2.75, 3.05) is 0 Å². The Morgan fingerprint density at radius 3 is 1.57 bits per heavy atom. The zero-order chi connectivity index (χ0) is 28.5. The van der Waals surface area contributed by atoms with Gasteiger partial charge in [0, 0.05) is 32.1 Å². The summed E-state index contributed by atoms with van der Waals surface area (Å²) in [6.45, 7) is 0. The molecule has 0 aliphatic carbocycles. The van der Waals surface area contributed by atoms with Crippen molar-refractivity contribution < 1.29 is 0 Å². The van der Waals surface area contributed by atoms with Crippen LogP contribution >= 0.6 is 15.9 Å². The Hall–Kier alpha value is -5.24. The van der Waals surface area contributed by atoms with Gasteiger partial charge in [-0.15, -0.1) is 0 Å². The van der Waals surface area contributed by atoms with Crippen LogP contribution in [0.25, 0.3) is 61.4 Å². The van der Waals surface area contributed by atoms with Crippen LogP contribution in [-0.2, 0) is 0 Å². The number of aromatic nitrogens is 2. The van der Waals surface area contributed by atoms with Gasteiger partial charge in [-0.1, -0.05) is 143 Å². The van der Waals surface area contributed by atoms with Gasteiger partial charge >= 0.3 is 0 Å². The topological polar surface area (TPSA) is 41.6 Å². The molecule has 0 aliphatic heterocycles. The molecule has 0 radical (unpaired) electrons. The van der Waals surface area contributed by atoms with Crippen molar-refractivity contribution in [3.63, 3.8) is 0 Å². The number of nitrogens with zero attached hydrogens (tertiary/aromatic N) is 3. The molecule has 42 heavy (non-hydrogen) atoms. The normalized spacial score (nSPS) is 11.0. The molecule has 198 valence electrons. The quantitative estimate of drug-likeness (QED) is 0.197. The van der Waals surface area contributed by atoms with E-state index in [0.717, 1.165) is 65.8 Å². The second-order valence-corrected chi connectivity index (χ2v) is 10.9. The number of hydrogen-bond acceptors (Lipinski definition) is 2. The molecule has 0 unspecified atom stereocenters. The standard InChI is InChI=1S/C38H24BrN3/c39-30-22-13-23-31(24-30)42-37(28-18-9-3-10-19-28)34-33(26-14-5-1-6-15-26)32(25-40)41-36(27-16-7-2-8-17-27)35(34)38(42)29-20-11-4-12-21-29/h1-24H. The zero-order valence-corrected chi connectivity index (χ0v) is 24.2. The zero-order valence-electron chi connectivity index (χ0n) is 22.6. The molecule has 7 aromatic rings. The van der Waals surface area contributed by atoms with Crippen molar-refractivity contribution in [2.45, 2.75) is 0 Å². The smallest absolute Gasteiger partial charge is 0.149 e. The number of benzene rings is 5. The summed E-state index contributed by atoms with van der Waals surface area (Å²) in [4.78, 5) is 5.13. The predicted octanol–water partition coefficient (Wildman–Crippen LogP) is 10.3. The Morgan fingerprint density at radius 1 is 0.548 bits per heavy atom. The van der Waals surface area contributed by atoms with Gasteiger partial charge in [-0.05, 0) is 34.9 Å². The molecule has 2 aromatic heterocycles. The van der Waals surface area contributed by atoms with E-state index >= 15 is 0 Å². The summed E-state index contributed by atoms with van der Waals surface area (Å²) in [5.74, 6) is 0. The Kier molecular flexibility index (Phi) is 6.71. The summed E-state index contributed by atoms with van der Waals surface area (Å²) < 4.78 is 3.32. The molecule has 0 aliphatic rings. The van der Waals surface area contributed by atoms with Gasteiger partial charge in [-0.25, -0.2) is 4.98 Å². The van der Waals surface area contributed by atoms with E-state index in [1.165, 1.54) is 0 Å². The van der Waals surface area contributed by atoms with Crippen LogP contribution in [0.2, 0.25) is 0 Å². The maximum Gasteiger partial charge on any atom is 0.149 e. The van der Waals surface area contributed by atoms with Crippen LogP contribution in [0.1, 0.15) is 5.69 Å². The van der Waals surface area contributed by atoms with Crippen molar-refractivity contribution in [2.24, 2.45) is 0 Å². The fourth-order valence-electron chi connectivity index (χ4n) is 5.77. The van der Waals surface area contributed by atoms with Gasteiger partial charge in [0.05, 0.1) is 17.1 Å². The second-order valence-electron chi connectivity index (χ2n) is 10.0. The fraction of sp³-hybridized carbons (Fsp3) is 0. The Morgan fingerprint density at radius 2 is 1.05 bits per heavy atom. The van der Waals surface area contributed by atoms with Crippen LogP contribution in [-0.4, -0.2) is 9.55 Å². The number of pyridine rings is 1. The lowest BCUT2D eigenvalue weighted by Crippen LogP contribution is -2.00. The Labute approximate surface area is 253 Å². The maximum atomic E-state index is 10.6. The van der Waals surface area contributed by atoms with E-state index in [4.69, 9.17) is 4.98 Å². The molecule has 0 spiro atoms. The molecule has 0 atom stereocenters. The van der Waals surface area contributed by atoms with Crippen LogP contribution in [0.15, 0.2) is 150 Å². The van der Waals surface area contributed by atoms with E-state index < -0.39 is 0 Å². The summed E-state index contributed by atoms with van der Waals surface area (Å²) in [7, 11) is 0. The largest absolute Gasteiger partial charge is 0.308 e. The highest BCUT2D eigenvalue weighted by molar-refractivity contribution is 9.10. The first-order valence-corrected chi connectivity index (χ1v) is 14.5. The number of rotatable bonds is 5. The van der Waals surface area contributed by atoms with Gasteiger partial charge in [0.25, 0.3) is 0 Å². The van der Waals surface area contributed by atoms with Crippen molar-refractivity contribution in [3.8, 4) is 56.7 Å². The summed E-state index contributed by atoms with van der Waals surface area (Å²) in [5, 5.41) is 12.6. The Balaban J connectivity index is 1.81. The van der Waals surface area contributed by atoms with Gasteiger partial charge in [0.1, 0.15) is 11.8 Å². The van der Waals surface area contributed by atoms with E-state index in [9.17, 15) is 5.26 Å². The van der Waals surface area contributed by atoms with Crippen LogP contribution in [0, 0.1) is 11.3 Å². The molecule has 0 bridgehead atoms. The highest BCUT2D eigenvalue weighted by Crippen LogP contribution is 2.49. The molecule has 4 heteroatoms. The lowest BCUT2D eigenvalue weighted by molar-refractivity contribution is 1.10. The van der Waals surface area contributed by atoms with Gasteiger partial charge in [-0.2, -0.15) is 5.26 Å². The molecular formula is C38H24BrN3. The third-order valence-corrected chi connectivity index (χ3v) is 7.99. The molecule has 0 N–H and O–H groups in total. The average molecular weight is 603 g/mol. The van der Waals surface area contributed by atoms with Crippen molar-refractivity contribution in [1.29, 1.82) is 5.26 Å². The molecule has 2 heterocycles. The number of fused-ring (bicyclic) bond motifs is 1. The highest BCUT2D eigenvalue weighted by atomic mass is 79.9. The first-order valence-electron chi connectivity index (χ1n) is 13.7. The minimum atomic E-state index is 0.399. The number of hydrogen-bond donors (Lipinski definition) is 0. The summed E-state index contributed by atoms with van der Waals surface area (Å²) in [6.07, 6.45) is 0. The van der Waals surface area contributed by atoms with E-state index in [2.05, 4.69) is 118 Å². The average Bonchev–Trinajstić information content (AvgIpc) is 3.41. The minimum absolute atomic E-state index is 0.399. The van der Waals surface area contributed by atoms with Crippen molar-refractivity contribution in [3.05, 3.63) is 156 Å². The lowest BCUT2D eigenvalue weighted by atomic mass is 9.92. The van der Waals surface area contributed by atoms with E-state index in [1.54, 1.807) is 0 Å². The molecule has 0 saturated heterocycles. The molecule has 0 saturated carbocycles. The van der Waals surface area contributed by atoms with E-state index in [-0.39, 0.29) is 0 Å². The van der Waals surface area contributed by atoms with Crippen molar-refractivity contribution >= 4 is 26.7 Å². The van der Waals surface area contributed by atoms with Crippen LogP contribution in [0.4, 0.5) is 0 Å². The molecule has 0 fully saturated rings. The van der Waals surface area contributed by atoms with Gasteiger partial charge < -0.3 is 4.57 Å². The molecule has 3 nitrogen and oxygen atoms in total. The third kappa shape index (κ3) is 4.41. The first-order chi connectivity index (χ1) is 20.7.